The molecule has 0 aromatic heterocycles. The highest BCUT2D eigenvalue weighted by molar-refractivity contribution is 5.69. The Morgan fingerprint density at radius 2 is 2.04 bits per heavy atom. The fourth-order valence-electron chi connectivity index (χ4n) is 4.70. The van der Waals surface area contributed by atoms with Crippen LogP contribution < -0.4 is 0 Å². The number of hydrogen-bond acceptors (Lipinski definition) is 5. The van der Waals surface area contributed by atoms with Gasteiger partial charge in [-0.1, -0.05) is 32.9 Å². The summed E-state index contributed by atoms with van der Waals surface area (Å²) < 4.78 is 11.5. The zero-order valence-electron chi connectivity index (χ0n) is 16.4. The highest BCUT2D eigenvalue weighted by atomic mass is 16.7. The Balaban J connectivity index is 2.64. The van der Waals surface area contributed by atoms with Crippen LogP contribution in [0.1, 0.15) is 48.0 Å². The molecule has 0 spiro atoms. The van der Waals surface area contributed by atoms with Crippen molar-refractivity contribution >= 4 is 6.09 Å². The molecule has 0 saturated carbocycles. The first-order valence-corrected chi connectivity index (χ1v) is 8.97. The van der Waals surface area contributed by atoms with Crippen LogP contribution in [0.15, 0.2) is 12.2 Å². The molecule has 7 heteroatoms. The van der Waals surface area contributed by atoms with E-state index in [4.69, 9.17) is 9.47 Å². The van der Waals surface area contributed by atoms with Crippen LogP contribution in [0.4, 0.5) is 4.79 Å². The fraction of sp³-hybridized carbons (Fsp3) is 0.789. The van der Waals surface area contributed by atoms with Crippen molar-refractivity contribution in [2.24, 2.45) is 11.3 Å². The van der Waals surface area contributed by atoms with Crippen LogP contribution in [-0.4, -0.2) is 57.4 Å². The van der Waals surface area contributed by atoms with Crippen LogP contribution in [0, 0.1) is 22.7 Å². The molecule has 146 valence electrons. The SMILES string of the molecule is CC=C[C@@H]1C[C@H](C#N)N(C(=O)O)[C@@]1([C@H](O)[C@H]1COC(C)(C)O1)C(C)(C)C. The first-order valence-electron chi connectivity index (χ1n) is 8.97. The van der Waals surface area contributed by atoms with Gasteiger partial charge in [-0.15, -0.1) is 0 Å². The molecule has 2 aliphatic rings. The number of carboxylic acid groups (broad SMARTS) is 1. The maximum atomic E-state index is 12.2. The van der Waals surface area contributed by atoms with Crippen molar-refractivity contribution < 1.29 is 24.5 Å². The van der Waals surface area contributed by atoms with Crippen LogP contribution >= 0.6 is 0 Å². The molecule has 0 aromatic rings. The number of aliphatic hydroxyl groups excluding tert-OH is 1. The van der Waals surface area contributed by atoms with E-state index in [1.165, 1.54) is 0 Å². The first-order chi connectivity index (χ1) is 11.9. The molecule has 0 unspecified atom stereocenters. The summed E-state index contributed by atoms with van der Waals surface area (Å²) in [7, 11) is 0. The highest BCUT2D eigenvalue weighted by Crippen LogP contribution is 2.54. The van der Waals surface area contributed by atoms with Gasteiger partial charge in [0, 0.05) is 5.92 Å². The Morgan fingerprint density at radius 3 is 2.42 bits per heavy atom. The Bertz CT molecular complexity index is 618. The average Bonchev–Trinajstić information content (AvgIpc) is 3.04. The number of carbonyl (C=O) groups is 1. The zero-order chi connectivity index (χ0) is 19.9. The van der Waals surface area contributed by atoms with Crippen molar-refractivity contribution in [2.45, 2.75) is 77.5 Å². The number of rotatable bonds is 3. The molecule has 0 radical (unpaired) electrons. The molecule has 0 bridgehead atoms. The summed E-state index contributed by atoms with van der Waals surface area (Å²) in [5.74, 6) is -1.17. The van der Waals surface area contributed by atoms with Crippen molar-refractivity contribution in [1.82, 2.24) is 4.90 Å². The minimum atomic E-state index is -1.22. The van der Waals surface area contributed by atoms with E-state index in [0.29, 0.717) is 6.42 Å². The molecule has 7 nitrogen and oxygen atoms in total. The van der Waals surface area contributed by atoms with Gasteiger partial charge in [-0.2, -0.15) is 5.26 Å². The number of aliphatic hydroxyl groups is 1. The molecule has 1 amide bonds. The van der Waals surface area contributed by atoms with Gasteiger partial charge >= 0.3 is 6.09 Å². The lowest BCUT2D eigenvalue weighted by Gasteiger charge is -2.53. The summed E-state index contributed by atoms with van der Waals surface area (Å²) in [5, 5.41) is 31.0. The van der Waals surface area contributed by atoms with Crippen molar-refractivity contribution in [3.05, 3.63) is 12.2 Å². The highest BCUT2D eigenvalue weighted by Gasteiger charge is 2.66. The molecular formula is C19H30N2O5. The number of hydrogen-bond donors (Lipinski definition) is 2. The topological polar surface area (TPSA) is 103 Å². The maximum absolute atomic E-state index is 12.2. The van der Waals surface area contributed by atoms with Gasteiger partial charge in [0.2, 0.25) is 0 Å². The molecule has 2 fully saturated rings. The van der Waals surface area contributed by atoms with Crippen LogP contribution in [0.25, 0.3) is 0 Å². The van der Waals surface area contributed by atoms with E-state index in [1.54, 1.807) is 13.8 Å². The van der Waals surface area contributed by atoms with Crippen LogP contribution in [0.2, 0.25) is 0 Å². The quantitative estimate of drug-likeness (QED) is 0.745. The minimum absolute atomic E-state index is 0.166. The monoisotopic (exact) mass is 366 g/mol. The second-order valence-corrected chi connectivity index (χ2v) is 8.55. The minimum Gasteiger partial charge on any atom is -0.465 e. The molecule has 5 atom stereocenters. The van der Waals surface area contributed by atoms with E-state index in [1.807, 2.05) is 39.8 Å². The molecule has 2 N–H and O–H groups in total. The molecule has 2 saturated heterocycles. The Kier molecular flexibility index (Phi) is 5.44. The van der Waals surface area contributed by atoms with Gasteiger partial charge in [0.25, 0.3) is 0 Å². The zero-order valence-corrected chi connectivity index (χ0v) is 16.4. The molecule has 0 aliphatic carbocycles. The summed E-state index contributed by atoms with van der Waals surface area (Å²) in [6.07, 6.45) is 1.02. The van der Waals surface area contributed by atoms with E-state index in [0.717, 1.165) is 4.90 Å². The van der Waals surface area contributed by atoms with E-state index >= 15 is 0 Å². The predicted octanol–water partition coefficient (Wildman–Crippen LogP) is 2.75. The van der Waals surface area contributed by atoms with Gasteiger partial charge in [0.15, 0.2) is 5.79 Å². The largest absolute Gasteiger partial charge is 0.465 e. The number of allylic oxidation sites excluding steroid dienone is 1. The summed E-state index contributed by atoms with van der Waals surface area (Å²) >= 11 is 0. The first kappa shape index (κ1) is 20.7. The Labute approximate surface area is 155 Å². The molecule has 2 aliphatic heterocycles. The second kappa shape index (κ2) is 6.84. The van der Waals surface area contributed by atoms with E-state index in [9.17, 15) is 20.3 Å². The normalized spacial score (nSPS) is 35.6. The summed E-state index contributed by atoms with van der Waals surface area (Å²) in [5.41, 5.74) is -1.88. The van der Waals surface area contributed by atoms with E-state index in [2.05, 4.69) is 6.07 Å². The third kappa shape index (κ3) is 3.11. The lowest BCUT2D eigenvalue weighted by atomic mass is 9.62. The van der Waals surface area contributed by atoms with Gasteiger partial charge in [0.05, 0.1) is 18.2 Å². The molecule has 2 rings (SSSR count). The number of nitriles is 1. The third-order valence-corrected chi connectivity index (χ3v) is 5.57. The Morgan fingerprint density at radius 1 is 1.42 bits per heavy atom. The summed E-state index contributed by atoms with van der Waals surface area (Å²) in [6.45, 7) is 11.2. The van der Waals surface area contributed by atoms with Gasteiger partial charge in [-0.05, 0) is 32.6 Å². The number of likely N-dealkylation sites (tertiary alicyclic amines) is 1. The van der Waals surface area contributed by atoms with E-state index in [-0.39, 0.29) is 12.5 Å². The van der Waals surface area contributed by atoms with Gasteiger partial charge in [-0.3, -0.25) is 4.90 Å². The summed E-state index contributed by atoms with van der Waals surface area (Å²) in [4.78, 5) is 13.3. The lowest BCUT2D eigenvalue weighted by Crippen LogP contribution is -2.69. The fourth-order valence-corrected chi connectivity index (χ4v) is 4.70. The predicted molar refractivity (Wildman–Crippen MR) is 95.3 cm³/mol. The standard InChI is InChI=1S/C19H30N2O5/c1-7-8-12-9-13(10-20)21(16(23)24)19(12,17(2,3)4)15(22)14-11-25-18(5,6)26-14/h7-8,12-15,22H,9,11H2,1-6H3,(H,23,24)/t12-,13-,14-,15-,19+/m1/s1. The van der Waals surface area contributed by atoms with E-state index < -0.39 is 41.1 Å². The van der Waals surface area contributed by atoms with Crippen LogP contribution in [0.3, 0.4) is 0 Å². The van der Waals surface area contributed by atoms with Crippen molar-refractivity contribution in [1.29, 1.82) is 5.26 Å². The molecule has 0 aromatic carbocycles. The number of amides is 1. The third-order valence-electron chi connectivity index (χ3n) is 5.57. The summed E-state index contributed by atoms with van der Waals surface area (Å²) in [6, 6.07) is 1.27. The van der Waals surface area contributed by atoms with Gasteiger partial charge in [-0.25, -0.2) is 4.79 Å². The van der Waals surface area contributed by atoms with Gasteiger partial charge < -0.3 is 19.7 Å². The van der Waals surface area contributed by atoms with Crippen LogP contribution in [0.5, 0.6) is 0 Å². The average molecular weight is 366 g/mol. The smallest absolute Gasteiger partial charge is 0.408 e. The molecule has 26 heavy (non-hydrogen) atoms. The lowest BCUT2D eigenvalue weighted by molar-refractivity contribution is -0.178. The van der Waals surface area contributed by atoms with Crippen molar-refractivity contribution in [3.8, 4) is 6.07 Å². The Hall–Kier alpha value is -1.62. The van der Waals surface area contributed by atoms with Crippen LogP contribution in [-0.2, 0) is 9.47 Å². The number of nitrogens with zero attached hydrogens (tertiary/aromatic N) is 2. The molecular weight excluding hydrogens is 336 g/mol. The van der Waals surface area contributed by atoms with Gasteiger partial charge in [0.1, 0.15) is 18.2 Å². The number of ether oxygens (including phenoxy) is 2. The maximum Gasteiger partial charge on any atom is 0.408 e. The second-order valence-electron chi connectivity index (χ2n) is 8.55. The van der Waals surface area contributed by atoms with Crippen molar-refractivity contribution in [2.75, 3.05) is 6.61 Å². The molecule has 2 heterocycles. The van der Waals surface area contributed by atoms with Crippen molar-refractivity contribution in [3.63, 3.8) is 0 Å².